The molecule has 0 bridgehead atoms. The van der Waals surface area contributed by atoms with Gasteiger partial charge in [-0.2, -0.15) is 0 Å². The second-order valence-corrected chi connectivity index (χ2v) is 8.09. The third-order valence-corrected chi connectivity index (χ3v) is 5.50. The van der Waals surface area contributed by atoms with Crippen molar-refractivity contribution < 1.29 is 23.0 Å². The van der Waals surface area contributed by atoms with E-state index in [4.69, 9.17) is 9.47 Å². The molecule has 0 aliphatic rings. The summed E-state index contributed by atoms with van der Waals surface area (Å²) >= 11 is 0. The maximum atomic E-state index is 12.5. The molecule has 0 unspecified atom stereocenters. The number of methoxy groups -OCH3 is 2. The first kappa shape index (κ1) is 20.2. The van der Waals surface area contributed by atoms with Crippen LogP contribution in [0.2, 0.25) is 0 Å². The van der Waals surface area contributed by atoms with Crippen molar-refractivity contribution in [2.75, 3.05) is 20.8 Å². The second-order valence-electron chi connectivity index (χ2n) is 6.32. The van der Waals surface area contributed by atoms with Gasteiger partial charge >= 0.3 is 0 Å². The number of nitrogens with one attached hydrogen (secondary N) is 1. The molecule has 6 nitrogen and oxygen atoms in total. The summed E-state index contributed by atoms with van der Waals surface area (Å²) in [5, 5.41) is 10.5. The SMILES string of the molecule is COc1ccc(S(=O)(=O)NC[C@@](C)(O)CCc2ccccc2)cc1OC. The highest BCUT2D eigenvalue weighted by Gasteiger charge is 2.25. The van der Waals surface area contributed by atoms with Crippen molar-refractivity contribution in [3.05, 3.63) is 54.1 Å². The molecule has 2 aromatic carbocycles. The van der Waals surface area contributed by atoms with E-state index in [2.05, 4.69) is 4.72 Å². The Kier molecular flexibility index (Phi) is 6.63. The van der Waals surface area contributed by atoms with Crippen LogP contribution in [0.5, 0.6) is 11.5 Å². The summed E-state index contributed by atoms with van der Waals surface area (Å²) in [6.45, 7) is 1.53. The summed E-state index contributed by atoms with van der Waals surface area (Å²) in [6.07, 6.45) is 1.09. The van der Waals surface area contributed by atoms with E-state index in [0.717, 1.165) is 5.56 Å². The first-order valence-electron chi connectivity index (χ1n) is 8.25. The maximum absolute atomic E-state index is 12.5. The zero-order chi connectivity index (χ0) is 19.2. The molecule has 0 saturated carbocycles. The minimum absolute atomic E-state index is 0.0500. The van der Waals surface area contributed by atoms with Crippen LogP contribution in [0.25, 0.3) is 0 Å². The number of ether oxygens (including phenoxy) is 2. The Morgan fingerprint density at radius 2 is 1.69 bits per heavy atom. The van der Waals surface area contributed by atoms with Crippen molar-refractivity contribution in [2.24, 2.45) is 0 Å². The molecule has 0 radical (unpaired) electrons. The Morgan fingerprint density at radius 1 is 1.04 bits per heavy atom. The molecule has 0 heterocycles. The summed E-state index contributed by atoms with van der Waals surface area (Å²) in [6, 6.07) is 14.1. The quantitative estimate of drug-likeness (QED) is 0.699. The summed E-state index contributed by atoms with van der Waals surface area (Å²) < 4.78 is 37.7. The summed E-state index contributed by atoms with van der Waals surface area (Å²) in [5.41, 5.74) is -0.0741. The Balaban J connectivity index is 2.02. The molecule has 2 N–H and O–H groups in total. The maximum Gasteiger partial charge on any atom is 0.240 e. The fraction of sp³-hybridized carbons (Fsp3) is 0.368. The van der Waals surface area contributed by atoms with Gasteiger partial charge in [-0.3, -0.25) is 0 Å². The minimum atomic E-state index is -3.78. The molecule has 0 aliphatic heterocycles. The molecule has 1 atom stereocenters. The molecule has 0 spiro atoms. The predicted octanol–water partition coefficient (Wildman–Crippen LogP) is 2.37. The molecule has 0 amide bonds. The van der Waals surface area contributed by atoms with Crippen molar-refractivity contribution in [3.8, 4) is 11.5 Å². The van der Waals surface area contributed by atoms with Gasteiger partial charge in [0.15, 0.2) is 11.5 Å². The summed E-state index contributed by atoms with van der Waals surface area (Å²) in [4.78, 5) is 0.0500. The van der Waals surface area contributed by atoms with Gasteiger partial charge in [-0.15, -0.1) is 0 Å². The number of sulfonamides is 1. The van der Waals surface area contributed by atoms with Gasteiger partial charge < -0.3 is 14.6 Å². The standard InChI is InChI=1S/C19H25NO5S/c1-19(21,12-11-15-7-5-4-6-8-15)14-20-26(22,23)16-9-10-17(24-2)18(13-16)25-3/h4-10,13,20-21H,11-12,14H2,1-3H3/t19-/m0/s1. The van der Waals surface area contributed by atoms with Crippen molar-refractivity contribution >= 4 is 10.0 Å². The van der Waals surface area contributed by atoms with Gasteiger partial charge in [0.05, 0.1) is 24.7 Å². The lowest BCUT2D eigenvalue weighted by Gasteiger charge is -2.23. The third kappa shape index (κ3) is 5.45. The van der Waals surface area contributed by atoms with Crippen LogP contribution < -0.4 is 14.2 Å². The van der Waals surface area contributed by atoms with Crippen molar-refractivity contribution in [1.82, 2.24) is 4.72 Å². The molecular weight excluding hydrogens is 354 g/mol. The zero-order valence-corrected chi connectivity index (χ0v) is 16.0. The van der Waals surface area contributed by atoms with E-state index in [1.165, 1.54) is 32.4 Å². The highest BCUT2D eigenvalue weighted by Crippen LogP contribution is 2.29. The lowest BCUT2D eigenvalue weighted by atomic mass is 9.97. The van der Waals surface area contributed by atoms with Crippen molar-refractivity contribution in [2.45, 2.75) is 30.3 Å². The second kappa shape index (κ2) is 8.53. The molecule has 0 fully saturated rings. The average Bonchev–Trinajstić information content (AvgIpc) is 2.65. The lowest BCUT2D eigenvalue weighted by Crippen LogP contribution is -2.40. The smallest absolute Gasteiger partial charge is 0.240 e. The highest BCUT2D eigenvalue weighted by atomic mass is 32.2. The Morgan fingerprint density at radius 3 is 2.31 bits per heavy atom. The van der Waals surface area contributed by atoms with Gasteiger partial charge in [0.2, 0.25) is 10.0 Å². The largest absolute Gasteiger partial charge is 0.493 e. The summed E-state index contributed by atoms with van der Waals surface area (Å²) in [5.74, 6) is 0.771. The number of aliphatic hydroxyl groups is 1. The van der Waals surface area contributed by atoms with E-state index >= 15 is 0 Å². The molecule has 0 saturated heterocycles. The molecule has 0 aromatic heterocycles. The van der Waals surface area contributed by atoms with Crippen LogP contribution in [-0.4, -0.2) is 39.9 Å². The fourth-order valence-electron chi connectivity index (χ4n) is 2.46. The molecule has 0 aliphatic carbocycles. The van der Waals surface area contributed by atoms with Gasteiger partial charge in [0, 0.05) is 12.6 Å². The first-order valence-corrected chi connectivity index (χ1v) is 9.74. The third-order valence-electron chi connectivity index (χ3n) is 4.10. The Bertz CT molecular complexity index is 819. The number of aryl methyl sites for hydroxylation is 1. The van der Waals surface area contributed by atoms with Gasteiger partial charge in [-0.25, -0.2) is 13.1 Å². The van der Waals surface area contributed by atoms with Crippen LogP contribution in [0, 0.1) is 0 Å². The fourth-order valence-corrected chi connectivity index (χ4v) is 3.64. The first-order chi connectivity index (χ1) is 12.3. The van der Waals surface area contributed by atoms with Crippen LogP contribution >= 0.6 is 0 Å². The molecule has 7 heteroatoms. The van der Waals surface area contributed by atoms with E-state index in [9.17, 15) is 13.5 Å². The number of rotatable bonds is 9. The van der Waals surface area contributed by atoms with E-state index in [-0.39, 0.29) is 11.4 Å². The zero-order valence-electron chi connectivity index (χ0n) is 15.2. The Labute approximate surface area is 154 Å². The van der Waals surface area contributed by atoms with Crippen molar-refractivity contribution in [1.29, 1.82) is 0 Å². The lowest BCUT2D eigenvalue weighted by molar-refractivity contribution is 0.0565. The van der Waals surface area contributed by atoms with Crippen LogP contribution in [-0.2, 0) is 16.4 Å². The van der Waals surface area contributed by atoms with Gasteiger partial charge in [0.1, 0.15) is 0 Å². The van der Waals surface area contributed by atoms with Crippen LogP contribution in [0.3, 0.4) is 0 Å². The average molecular weight is 379 g/mol. The van der Waals surface area contributed by atoms with E-state index in [0.29, 0.717) is 24.3 Å². The van der Waals surface area contributed by atoms with Gasteiger partial charge in [-0.05, 0) is 37.5 Å². The monoisotopic (exact) mass is 379 g/mol. The normalized spacial score (nSPS) is 13.8. The van der Waals surface area contributed by atoms with Crippen molar-refractivity contribution in [3.63, 3.8) is 0 Å². The minimum Gasteiger partial charge on any atom is -0.493 e. The molecule has 2 rings (SSSR count). The molecule has 142 valence electrons. The van der Waals surface area contributed by atoms with Gasteiger partial charge in [-0.1, -0.05) is 30.3 Å². The van der Waals surface area contributed by atoms with Crippen LogP contribution in [0.4, 0.5) is 0 Å². The predicted molar refractivity (Wildman–Crippen MR) is 100 cm³/mol. The topological polar surface area (TPSA) is 84.9 Å². The highest BCUT2D eigenvalue weighted by molar-refractivity contribution is 7.89. The van der Waals surface area contributed by atoms with Crippen LogP contribution in [0.15, 0.2) is 53.4 Å². The number of hydrogen-bond donors (Lipinski definition) is 2. The van der Waals surface area contributed by atoms with E-state index < -0.39 is 15.6 Å². The van der Waals surface area contributed by atoms with Gasteiger partial charge in [0.25, 0.3) is 0 Å². The van der Waals surface area contributed by atoms with E-state index in [1.54, 1.807) is 6.92 Å². The van der Waals surface area contributed by atoms with E-state index in [1.807, 2.05) is 30.3 Å². The molecule has 26 heavy (non-hydrogen) atoms. The molecule has 2 aromatic rings. The number of hydrogen-bond acceptors (Lipinski definition) is 5. The number of benzene rings is 2. The molecular formula is C19H25NO5S. The van der Waals surface area contributed by atoms with Crippen LogP contribution in [0.1, 0.15) is 18.9 Å². The summed E-state index contributed by atoms with van der Waals surface area (Å²) in [7, 11) is -0.859. The Hall–Kier alpha value is -2.09.